The number of rotatable bonds is 3. The van der Waals surface area contributed by atoms with Crippen LogP contribution in [0, 0.1) is 0 Å². The van der Waals surface area contributed by atoms with Gasteiger partial charge in [-0.3, -0.25) is 4.79 Å². The number of carbonyl (C=O) groups is 1. The van der Waals surface area contributed by atoms with Crippen LogP contribution in [0.25, 0.3) is 0 Å². The van der Waals surface area contributed by atoms with Crippen molar-refractivity contribution in [2.24, 2.45) is 0 Å². The maximum absolute atomic E-state index is 12.4. The third-order valence-electron chi connectivity index (χ3n) is 3.42. The van der Waals surface area contributed by atoms with Gasteiger partial charge in [-0.25, -0.2) is 0 Å². The molecule has 2 aromatic carbocycles. The first-order valence-electron chi connectivity index (χ1n) is 6.30. The highest BCUT2D eigenvalue weighted by molar-refractivity contribution is 6.06. The van der Waals surface area contributed by atoms with E-state index >= 15 is 0 Å². The molecule has 20 heavy (non-hydrogen) atoms. The van der Waals surface area contributed by atoms with E-state index in [0.29, 0.717) is 16.9 Å². The molecular formula is C16H14O4. The van der Waals surface area contributed by atoms with E-state index in [4.69, 9.17) is 9.47 Å². The zero-order valence-electron chi connectivity index (χ0n) is 10.9. The maximum Gasteiger partial charge on any atom is 0.303 e. The van der Waals surface area contributed by atoms with Gasteiger partial charge in [0, 0.05) is 7.11 Å². The largest absolute Gasteiger partial charge is 0.451 e. The van der Waals surface area contributed by atoms with Gasteiger partial charge in [0.25, 0.3) is 0 Å². The quantitative estimate of drug-likeness (QED) is 0.930. The van der Waals surface area contributed by atoms with Crippen LogP contribution in [0.2, 0.25) is 0 Å². The van der Waals surface area contributed by atoms with Crippen LogP contribution >= 0.6 is 0 Å². The number of para-hydroxylation sites is 1. The van der Waals surface area contributed by atoms with Crippen LogP contribution in [0.5, 0.6) is 5.75 Å². The summed E-state index contributed by atoms with van der Waals surface area (Å²) in [6.45, 7) is 0. The van der Waals surface area contributed by atoms with Gasteiger partial charge in [-0.05, 0) is 17.7 Å². The molecule has 0 bridgehead atoms. The molecule has 3 rings (SSSR count). The summed E-state index contributed by atoms with van der Waals surface area (Å²) in [5, 5.41) is 10.7. The van der Waals surface area contributed by atoms with Gasteiger partial charge in [-0.2, -0.15) is 0 Å². The van der Waals surface area contributed by atoms with E-state index in [-0.39, 0.29) is 0 Å². The number of ketones is 1. The molecule has 102 valence electrons. The summed E-state index contributed by atoms with van der Waals surface area (Å²) in [5.41, 5.74) is 1.05. The number of ether oxygens (including phenoxy) is 2. The van der Waals surface area contributed by atoms with Crippen LogP contribution in [-0.4, -0.2) is 23.8 Å². The third-order valence-corrected chi connectivity index (χ3v) is 3.42. The lowest BCUT2D eigenvalue weighted by atomic mass is 9.95. The van der Waals surface area contributed by atoms with Crippen molar-refractivity contribution in [3.63, 3.8) is 0 Å². The molecule has 2 aromatic rings. The van der Waals surface area contributed by atoms with Crippen molar-refractivity contribution >= 4 is 5.78 Å². The molecule has 0 aliphatic carbocycles. The van der Waals surface area contributed by atoms with E-state index in [9.17, 15) is 9.90 Å². The first-order chi connectivity index (χ1) is 9.66. The van der Waals surface area contributed by atoms with Crippen LogP contribution in [0.3, 0.4) is 0 Å². The fraction of sp³-hybridized carbons (Fsp3) is 0.188. The van der Waals surface area contributed by atoms with Crippen molar-refractivity contribution < 1.29 is 19.4 Å². The summed E-state index contributed by atoms with van der Waals surface area (Å²) in [6, 6.07) is 15.8. The minimum absolute atomic E-state index is 0.369. The van der Waals surface area contributed by atoms with Gasteiger partial charge in [0.05, 0.1) is 5.56 Å². The van der Waals surface area contributed by atoms with Gasteiger partial charge >= 0.3 is 5.79 Å². The average molecular weight is 270 g/mol. The lowest BCUT2D eigenvalue weighted by Crippen LogP contribution is -2.46. The van der Waals surface area contributed by atoms with Gasteiger partial charge in [-0.1, -0.05) is 42.5 Å². The molecule has 0 radical (unpaired) electrons. The Hall–Kier alpha value is -2.17. The Kier molecular flexibility index (Phi) is 3.04. The summed E-state index contributed by atoms with van der Waals surface area (Å²) < 4.78 is 10.8. The standard InChI is InChI=1S/C16H14O4/c1-19-15(11-7-3-2-4-8-11)16(18)14(17)12-9-5-6-10-13(12)20-16/h2-10,15,18H,1H3/t15-,16-/m0/s1. The Bertz CT molecular complexity index is 638. The molecule has 2 atom stereocenters. The molecule has 0 aromatic heterocycles. The topological polar surface area (TPSA) is 55.8 Å². The van der Waals surface area contributed by atoms with Crippen LogP contribution in [0.15, 0.2) is 54.6 Å². The molecule has 1 aliphatic rings. The molecule has 0 spiro atoms. The summed E-state index contributed by atoms with van der Waals surface area (Å²) in [6.07, 6.45) is -0.886. The number of carbonyl (C=O) groups excluding carboxylic acids is 1. The van der Waals surface area contributed by atoms with E-state index in [1.807, 2.05) is 18.2 Å². The van der Waals surface area contributed by atoms with Crippen LogP contribution < -0.4 is 4.74 Å². The van der Waals surface area contributed by atoms with E-state index in [0.717, 1.165) is 0 Å². The second-order valence-corrected chi connectivity index (χ2v) is 4.65. The second kappa shape index (κ2) is 4.74. The Balaban J connectivity index is 2.03. The van der Waals surface area contributed by atoms with Crippen molar-refractivity contribution in [1.29, 1.82) is 0 Å². The molecule has 4 nitrogen and oxygen atoms in total. The maximum atomic E-state index is 12.4. The van der Waals surface area contributed by atoms with Gasteiger partial charge in [0.15, 0.2) is 6.10 Å². The van der Waals surface area contributed by atoms with E-state index < -0.39 is 17.7 Å². The fourth-order valence-corrected chi connectivity index (χ4v) is 2.47. The summed E-state index contributed by atoms with van der Waals surface area (Å²) in [7, 11) is 1.44. The highest BCUT2D eigenvalue weighted by Crippen LogP contribution is 2.41. The van der Waals surface area contributed by atoms with Crippen molar-refractivity contribution in [3.8, 4) is 5.75 Å². The smallest absolute Gasteiger partial charge is 0.303 e. The number of aliphatic hydroxyl groups is 1. The SMILES string of the molecule is CO[C@@H](c1ccccc1)[C@@]1(O)Oc2ccccc2C1=O. The number of fused-ring (bicyclic) bond motifs is 1. The monoisotopic (exact) mass is 270 g/mol. The number of methoxy groups -OCH3 is 1. The highest BCUT2D eigenvalue weighted by atomic mass is 16.7. The Morgan fingerprint density at radius 2 is 1.75 bits per heavy atom. The number of benzene rings is 2. The zero-order chi connectivity index (χ0) is 14.2. The van der Waals surface area contributed by atoms with Gasteiger partial charge in [0.2, 0.25) is 5.78 Å². The van der Waals surface area contributed by atoms with E-state index in [1.54, 1.807) is 36.4 Å². The predicted octanol–water partition coefficient (Wildman–Crippen LogP) is 2.34. The number of hydrogen-bond donors (Lipinski definition) is 1. The molecule has 1 aliphatic heterocycles. The molecule has 1 heterocycles. The summed E-state index contributed by atoms with van der Waals surface area (Å²) in [5.74, 6) is -2.14. The van der Waals surface area contributed by atoms with Crippen molar-refractivity contribution in [2.45, 2.75) is 11.9 Å². The fourth-order valence-electron chi connectivity index (χ4n) is 2.47. The number of Topliss-reactive ketones (excluding diaryl/α,β-unsaturated/α-hetero) is 1. The second-order valence-electron chi connectivity index (χ2n) is 4.65. The van der Waals surface area contributed by atoms with Gasteiger partial charge in [0.1, 0.15) is 5.75 Å². The highest BCUT2D eigenvalue weighted by Gasteiger charge is 2.53. The van der Waals surface area contributed by atoms with E-state index in [1.165, 1.54) is 7.11 Å². The van der Waals surface area contributed by atoms with Crippen LogP contribution in [0.1, 0.15) is 22.0 Å². The van der Waals surface area contributed by atoms with E-state index in [2.05, 4.69) is 0 Å². The molecule has 0 unspecified atom stereocenters. The van der Waals surface area contributed by atoms with Crippen molar-refractivity contribution in [2.75, 3.05) is 7.11 Å². The molecule has 0 fully saturated rings. The minimum atomic E-state index is -2.03. The predicted molar refractivity (Wildman–Crippen MR) is 72.5 cm³/mol. The van der Waals surface area contributed by atoms with Crippen LogP contribution in [0.4, 0.5) is 0 Å². The van der Waals surface area contributed by atoms with Crippen molar-refractivity contribution in [1.82, 2.24) is 0 Å². The lowest BCUT2D eigenvalue weighted by Gasteiger charge is -2.29. The molecular weight excluding hydrogens is 256 g/mol. The zero-order valence-corrected chi connectivity index (χ0v) is 10.9. The van der Waals surface area contributed by atoms with Crippen LogP contribution in [-0.2, 0) is 4.74 Å². The molecule has 1 N–H and O–H groups in total. The first kappa shape index (κ1) is 12.8. The Morgan fingerprint density at radius 3 is 2.40 bits per heavy atom. The number of hydrogen-bond acceptors (Lipinski definition) is 4. The summed E-state index contributed by atoms with van der Waals surface area (Å²) in [4.78, 5) is 12.4. The Labute approximate surface area is 116 Å². The van der Waals surface area contributed by atoms with Gasteiger partial charge in [-0.15, -0.1) is 0 Å². The molecule has 0 saturated carbocycles. The third kappa shape index (κ3) is 1.81. The minimum Gasteiger partial charge on any atom is -0.451 e. The molecule has 0 amide bonds. The van der Waals surface area contributed by atoms with Crippen molar-refractivity contribution in [3.05, 3.63) is 65.7 Å². The average Bonchev–Trinajstić information content (AvgIpc) is 2.74. The van der Waals surface area contributed by atoms with Gasteiger partial charge < -0.3 is 14.6 Å². The Morgan fingerprint density at radius 1 is 1.10 bits per heavy atom. The first-order valence-corrected chi connectivity index (χ1v) is 6.30. The lowest BCUT2D eigenvalue weighted by molar-refractivity contribution is -0.173. The molecule has 4 heteroatoms. The normalized spacial score (nSPS) is 22.2. The summed E-state index contributed by atoms with van der Waals surface area (Å²) >= 11 is 0. The molecule has 0 saturated heterocycles.